The van der Waals surface area contributed by atoms with Gasteiger partial charge in [0, 0.05) is 27.9 Å². The van der Waals surface area contributed by atoms with Crippen molar-refractivity contribution in [2.24, 2.45) is 5.73 Å². The molecule has 230 valence electrons. The van der Waals surface area contributed by atoms with Crippen LogP contribution in [0.4, 0.5) is 5.69 Å². The zero-order chi connectivity index (χ0) is 32.5. The van der Waals surface area contributed by atoms with E-state index in [4.69, 9.17) is 15.2 Å². The molecule has 0 aromatic heterocycles. The number of nitrogens with two attached hydrogens (primary N) is 1. The predicted molar refractivity (Wildman–Crippen MR) is 174 cm³/mol. The molecule has 0 aliphatic carbocycles. The Morgan fingerprint density at radius 2 is 1.33 bits per heavy atom. The maximum absolute atomic E-state index is 13.6. The Morgan fingerprint density at radius 3 is 2.02 bits per heavy atom. The van der Waals surface area contributed by atoms with Crippen LogP contribution in [0.5, 0.6) is 11.5 Å². The van der Waals surface area contributed by atoms with Crippen LogP contribution in [0.2, 0.25) is 0 Å². The molecular formula is C37H31N3O6. The van der Waals surface area contributed by atoms with Crippen LogP contribution in [-0.4, -0.2) is 30.6 Å². The fraction of sp³-hybridized carbons (Fsp3) is 0.0811. The quantitative estimate of drug-likeness (QED) is 0.154. The Labute approximate surface area is 266 Å². The number of methoxy groups -OCH3 is 1. The summed E-state index contributed by atoms with van der Waals surface area (Å²) >= 11 is 0. The fourth-order valence-electron chi connectivity index (χ4n) is 4.69. The molecule has 0 aliphatic rings. The first-order valence-corrected chi connectivity index (χ1v) is 14.4. The van der Waals surface area contributed by atoms with Crippen LogP contribution in [0.3, 0.4) is 0 Å². The summed E-state index contributed by atoms with van der Waals surface area (Å²) in [6.45, 7) is 0.302. The molecule has 0 radical (unpaired) electrons. The Hall–Kier alpha value is -6.22. The maximum Gasteiger partial charge on any atom is 0.252 e. The topological polar surface area (TPSA) is 137 Å². The van der Waals surface area contributed by atoms with Crippen molar-refractivity contribution in [3.05, 3.63) is 161 Å². The van der Waals surface area contributed by atoms with Crippen molar-refractivity contribution in [2.45, 2.75) is 12.6 Å². The van der Waals surface area contributed by atoms with Gasteiger partial charge in [0.25, 0.3) is 11.8 Å². The number of nitrogens with one attached hydrogen (secondary N) is 2. The second-order valence-corrected chi connectivity index (χ2v) is 10.3. The summed E-state index contributed by atoms with van der Waals surface area (Å²) < 4.78 is 11.2. The van der Waals surface area contributed by atoms with E-state index in [2.05, 4.69) is 10.6 Å². The Morgan fingerprint density at radius 1 is 0.674 bits per heavy atom. The molecule has 9 nitrogen and oxygen atoms in total. The number of ether oxygens (including phenoxy) is 2. The molecule has 0 unspecified atom stereocenters. The van der Waals surface area contributed by atoms with E-state index in [1.165, 1.54) is 24.3 Å². The van der Waals surface area contributed by atoms with Crippen molar-refractivity contribution in [1.29, 1.82) is 0 Å². The standard InChI is InChI=1S/C37H31N3O6/c1-45-32-12-5-7-24(21-32)23-46-31-19-17-25(18-20-31)33(37(44)39-30-11-6-10-29(22-30)35(38)42)40-36(43)28-15-13-27(14-16-28)34(41)26-8-3-2-4-9-26/h2-22,33H,23H2,1H3,(H2,38,42)(H,39,44)(H,40,43)/t33-/m0/s1. The van der Waals surface area contributed by atoms with Crippen LogP contribution in [0.15, 0.2) is 127 Å². The van der Waals surface area contributed by atoms with Crippen LogP contribution < -0.4 is 25.8 Å². The molecule has 0 heterocycles. The van der Waals surface area contributed by atoms with Crippen molar-refractivity contribution in [3.63, 3.8) is 0 Å². The number of hydrogen-bond acceptors (Lipinski definition) is 6. The third-order valence-corrected chi connectivity index (χ3v) is 7.15. The summed E-state index contributed by atoms with van der Waals surface area (Å²) in [5.74, 6) is -0.597. The van der Waals surface area contributed by atoms with E-state index in [1.807, 2.05) is 30.3 Å². The molecule has 0 bridgehead atoms. The zero-order valence-corrected chi connectivity index (χ0v) is 24.9. The number of amides is 3. The van der Waals surface area contributed by atoms with Gasteiger partial charge in [-0.05, 0) is 65.7 Å². The first-order chi connectivity index (χ1) is 22.3. The lowest BCUT2D eigenvalue weighted by molar-refractivity contribution is -0.118. The lowest BCUT2D eigenvalue weighted by Gasteiger charge is -2.20. The predicted octanol–water partition coefficient (Wildman–Crippen LogP) is 5.71. The SMILES string of the molecule is COc1cccc(COc2ccc([C@H](NC(=O)c3ccc(C(=O)c4ccccc4)cc3)C(=O)Nc3cccc(C(N)=O)c3)cc2)c1. The average molecular weight is 614 g/mol. The molecule has 9 heteroatoms. The third kappa shape index (κ3) is 7.83. The Bertz CT molecular complexity index is 1860. The molecular weight excluding hydrogens is 582 g/mol. The minimum absolute atomic E-state index is 0.170. The molecule has 5 aromatic carbocycles. The van der Waals surface area contributed by atoms with Crippen molar-refractivity contribution in [3.8, 4) is 11.5 Å². The molecule has 46 heavy (non-hydrogen) atoms. The normalized spacial score (nSPS) is 11.2. The van der Waals surface area contributed by atoms with Crippen LogP contribution in [-0.2, 0) is 11.4 Å². The van der Waals surface area contributed by atoms with Gasteiger partial charge >= 0.3 is 0 Å². The van der Waals surface area contributed by atoms with E-state index in [0.29, 0.717) is 34.7 Å². The van der Waals surface area contributed by atoms with E-state index in [1.54, 1.807) is 79.9 Å². The van der Waals surface area contributed by atoms with Gasteiger partial charge in [-0.3, -0.25) is 19.2 Å². The monoisotopic (exact) mass is 613 g/mol. The number of ketones is 1. The number of carbonyl (C=O) groups excluding carboxylic acids is 4. The molecule has 3 amide bonds. The summed E-state index contributed by atoms with van der Waals surface area (Å²) in [5.41, 5.74) is 8.59. The highest BCUT2D eigenvalue weighted by molar-refractivity contribution is 6.09. The largest absolute Gasteiger partial charge is 0.497 e. The molecule has 4 N–H and O–H groups in total. The number of anilines is 1. The fourth-order valence-corrected chi connectivity index (χ4v) is 4.69. The molecule has 5 rings (SSSR count). The second-order valence-electron chi connectivity index (χ2n) is 10.3. The summed E-state index contributed by atoms with van der Waals surface area (Å²) in [5, 5.41) is 5.55. The summed E-state index contributed by atoms with van der Waals surface area (Å²) in [7, 11) is 1.60. The number of hydrogen-bond donors (Lipinski definition) is 3. The molecule has 1 atom stereocenters. The van der Waals surface area contributed by atoms with Crippen molar-refractivity contribution in [1.82, 2.24) is 5.32 Å². The summed E-state index contributed by atoms with van der Waals surface area (Å²) in [6, 6.07) is 34.4. The number of primary amides is 1. The van der Waals surface area contributed by atoms with Gasteiger partial charge in [0.2, 0.25) is 5.91 Å². The van der Waals surface area contributed by atoms with Crippen LogP contribution in [0.25, 0.3) is 0 Å². The van der Waals surface area contributed by atoms with E-state index in [0.717, 1.165) is 11.3 Å². The van der Waals surface area contributed by atoms with Crippen LogP contribution in [0.1, 0.15) is 53.8 Å². The maximum atomic E-state index is 13.6. The van der Waals surface area contributed by atoms with Crippen molar-refractivity contribution < 1.29 is 28.7 Å². The van der Waals surface area contributed by atoms with E-state index in [9.17, 15) is 19.2 Å². The molecule has 0 fully saturated rings. The zero-order valence-electron chi connectivity index (χ0n) is 24.9. The number of carbonyl (C=O) groups is 4. The average Bonchev–Trinajstić information content (AvgIpc) is 3.10. The highest BCUT2D eigenvalue weighted by Gasteiger charge is 2.24. The first kappa shape index (κ1) is 31.2. The third-order valence-electron chi connectivity index (χ3n) is 7.15. The van der Waals surface area contributed by atoms with Gasteiger partial charge in [0.05, 0.1) is 7.11 Å². The van der Waals surface area contributed by atoms with E-state index >= 15 is 0 Å². The molecule has 0 saturated carbocycles. The van der Waals surface area contributed by atoms with Gasteiger partial charge in [-0.1, -0.05) is 72.8 Å². The van der Waals surface area contributed by atoms with Gasteiger partial charge in [-0.15, -0.1) is 0 Å². The van der Waals surface area contributed by atoms with E-state index < -0.39 is 23.8 Å². The summed E-state index contributed by atoms with van der Waals surface area (Å²) in [4.78, 5) is 51.4. The second kappa shape index (κ2) is 14.5. The van der Waals surface area contributed by atoms with Crippen molar-refractivity contribution >= 4 is 29.2 Å². The Balaban J connectivity index is 1.34. The lowest BCUT2D eigenvalue weighted by atomic mass is 10.0. The molecule has 0 saturated heterocycles. The minimum Gasteiger partial charge on any atom is -0.497 e. The Kier molecular flexibility index (Phi) is 9.84. The summed E-state index contributed by atoms with van der Waals surface area (Å²) in [6.07, 6.45) is 0. The molecule has 0 spiro atoms. The molecule has 0 aliphatic heterocycles. The lowest BCUT2D eigenvalue weighted by Crippen LogP contribution is -2.37. The van der Waals surface area contributed by atoms with Gasteiger partial charge in [0.1, 0.15) is 24.1 Å². The van der Waals surface area contributed by atoms with Gasteiger partial charge in [-0.25, -0.2) is 0 Å². The van der Waals surface area contributed by atoms with E-state index in [-0.39, 0.29) is 16.9 Å². The van der Waals surface area contributed by atoms with Crippen LogP contribution in [0, 0.1) is 0 Å². The van der Waals surface area contributed by atoms with Crippen molar-refractivity contribution in [2.75, 3.05) is 12.4 Å². The van der Waals surface area contributed by atoms with Gasteiger partial charge < -0.3 is 25.8 Å². The molecule has 5 aromatic rings. The smallest absolute Gasteiger partial charge is 0.252 e. The number of benzene rings is 5. The van der Waals surface area contributed by atoms with Crippen LogP contribution >= 0.6 is 0 Å². The minimum atomic E-state index is -1.12. The first-order valence-electron chi connectivity index (χ1n) is 14.4. The van der Waals surface area contributed by atoms with Gasteiger partial charge in [0.15, 0.2) is 5.78 Å². The highest BCUT2D eigenvalue weighted by Crippen LogP contribution is 2.23. The number of rotatable bonds is 12. The van der Waals surface area contributed by atoms with Gasteiger partial charge in [-0.2, -0.15) is 0 Å². The highest BCUT2D eigenvalue weighted by atomic mass is 16.5.